The lowest BCUT2D eigenvalue weighted by Gasteiger charge is -2.32. The lowest BCUT2D eigenvalue weighted by atomic mass is 10.0. The molecule has 0 heterocycles. The van der Waals surface area contributed by atoms with Crippen molar-refractivity contribution in [1.29, 1.82) is 0 Å². The molecule has 3 amide bonds. The summed E-state index contributed by atoms with van der Waals surface area (Å²) in [6.07, 6.45) is 0.891. The Morgan fingerprint density at radius 2 is 1.73 bits per heavy atom. The highest BCUT2D eigenvalue weighted by Gasteiger charge is 2.41. The van der Waals surface area contributed by atoms with Crippen molar-refractivity contribution in [2.24, 2.45) is 0 Å². The summed E-state index contributed by atoms with van der Waals surface area (Å²) in [4.78, 5) is 51.5. The smallest absolute Gasteiger partial charge is 0.408 e. The number of benzene rings is 1. The third-order valence-corrected chi connectivity index (χ3v) is 4.86. The Morgan fingerprint density at radius 1 is 1.09 bits per heavy atom. The summed E-state index contributed by atoms with van der Waals surface area (Å²) in [5, 5.41) is 5.24. The number of rotatable bonds is 10. The number of aryl methyl sites for hydroxylation is 1. The largest absolute Gasteiger partial charge is 0.466 e. The number of nitrogens with zero attached hydrogens (tertiary/aromatic N) is 1. The number of ether oxygens (including phenoxy) is 2. The molecule has 1 fully saturated rings. The van der Waals surface area contributed by atoms with E-state index in [9.17, 15) is 19.2 Å². The van der Waals surface area contributed by atoms with E-state index in [1.165, 1.54) is 4.90 Å². The van der Waals surface area contributed by atoms with Gasteiger partial charge in [-0.3, -0.25) is 14.4 Å². The monoisotopic (exact) mass is 461 g/mol. The molecule has 1 saturated carbocycles. The molecule has 1 aliphatic carbocycles. The zero-order valence-corrected chi connectivity index (χ0v) is 20.1. The molecule has 0 aromatic heterocycles. The molecule has 1 atom stereocenters. The Hall–Kier alpha value is -3.10. The van der Waals surface area contributed by atoms with Gasteiger partial charge in [0.05, 0.1) is 13.0 Å². The lowest BCUT2D eigenvalue weighted by Crippen LogP contribution is -2.49. The minimum Gasteiger partial charge on any atom is -0.466 e. The summed E-state index contributed by atoms with van der Waals surface area (Å²) >= 11 is 0. The highest BCUT2D eigenvalue weighted by atomic mass is 16.6. The van der Waals surface area contributed by atoms with Crippen LogP contribution in [0.3, 0.4) is 0 Å². The van der Waals surface area contributed by atoms with Crippen LogP contribution in [0, 0.1) is 6.92 Å². The summed E-state index contributed by atoms with van der Waals surface area (Å²) in [6, 6.07) is 6.41. The maximum Gasteiger partial charge on any atom is 0.408 e. The molecule has 0 bridgehead atoms. The molecule has 0 spiro atoms. The molecule has 0 aliphatic heterocycles. The van der Waals surface area contributed by atoms with E-state index < -0.39 is 23.7 Å². The molecule has 0 saturated heterocycles. The molecule has 1 aromatic rings. The van der Waals surface area contributed by atoms with Crippen molar-refractivity contribution in [2.75, 3.05) is 19.7 Å². The predicted octanol–water partition coefficient (Wildman–Crippen LogP) is 2.62. The molecule has 1 aromatic carbocycles. The van der Waals surface area contributed by atoms with Crippen LogP contribution < -0.4 is 10.6 Å². The Kier molecular flexibility index (Phi) is 9.25. The maximum absolute atomic E-state index is 13.2. The van der Waals surface area contributed by atoms with E-state index in [0.29, 0.717) is 5.56 Å². The summed E-state index contributed by atoms with van der Waals surface area (Å²) < 4.78 is 10.1. The second-order valence-corrected chi connectivity index (χ2v) is 9.05. The zero-order valence-electron chi connectivity index (χ0n) is 20.1. The Morgan fingerprint density at radius 3 is 2.27 bits per heavy atom. The summed E-state index contributed by atoms with van der Waals surface area (Å²) in [6.45, 7) is 8.94. The van der Waals surface area contributed by atoms with Crippen LogP contribution in [0.2, 0.25) is 0 Å². The molecule has 9 heteroatoms. The van der Waals surface area contributed by atoms with E-state index in [0.717, 1.165) is 18.4 Å². The number of nitrogens with one attached hydrogen (secondary N) is 2. The van der Waals surface area contributed by atoms with Crippen LogP contribution in [0.5, 0.6) is 0 Å². The van der Waals surface area contributed by atoms with Gasteiger partial charge >= 0.3 is 12.1 Å². The normalized spacial score (nSPS) is 14.1. The van der Waals surface area contributed by atoms with E-state index in [2.05, 4.69) is 10.6 Å². The van der Waals surface area contributed by atoms with Crippen LogP contribution in [-0.2, 0) is 23.9 Å². The van der Waals surface area contributed by atoms with Gasteiger partial charge in [-0.15, -0.1) is 0 Å². The number of hydrogen-bond donors (Lipinski definition) is 2. The van der Waals surface area contributed by atoms with Gasteiger partial charge < -0.3 is 25.0 Å². The summed E-state index contributed by atoms with van der Waals surface area (Å²) in [7, 11) is 0. The minimum atomic E-state index is -0.881. The van der Waals surface area contributed by atoms with E-state index in [-0.39, 0.29) is 44.0 Å². The van der Waals surface area contributed by atoms with Gasteiger partial charge in [-0.1, -0.05) is 29.8 Å². The van der Waals surface area contributed by atoms with Crippen molar-refractivity contribution in [3.05, 3.63) is 35.4 Å². The van der Waals surface area contributed by atoms with Crippen molar-refractivity contribution in [3.63, 3.8) is 0 Å². The van der Waals surface area contributed by atoms with Crippen molar-refractivity contribution < 1.29 is 28.7 Å². The van der Waals surface area contributed by atoms with Crippen molar-refractivity contribution in [2.45, 2.75) is 71.6 Å². The second-order valence-electron chi connectivity index (χ2n) is 9.05. The Balaban J connectivity index is 2.16. The fourth-order valence-corrected chi connectivity index (χ4v) is 3.27. The zero-order chi connectivity index (χ0) is 24.6. The maximum atomic E-state index is 13.2. The van der Waals surface area contributed by atoms with E-state index in [1.807, 2.05) is 31.2 Å². The van der Waals surface area contributed by atoms with Crippen molar-refractivity contribution >= 4 is 23.9 Å². The van der Waals surface area contributed by atoms with Crippen LogP contribution in [0.4, 0.5) is 4.79 Å². The molecule has 1 aliphatic rings. The number of carbonyl (C=O) groups excluding carboxylic acids is 4. The van der Waals surface area contributed by atoms with Gasteiger partial charge in [0.15, 0.2) is 0 Å². The first-order chi connectivity index (χ1) is 15.5. The summed E-state index contributed by atoms with van der Waals surface area (Å²) in [5.41, 5.74) is 0.995. The molecule has 182 valence electrons. The Labute approximate surface area is 195 Å². The molecule has 33 heavy (non-hydrogen) atoms. The molecular weight excluding hydrogens is 426 g/mol. The number of esters is 1. The fraction of sp³-hybridized carbons (Fsp3) is 0.583. The Bertz CT molecular complexity index is 843. The minimum absolute atomic E-state index is 0.0395. The molecule has 9 nitrogen and oxygen atoms in total. The predicted molar refractivity (Wildman–Crippen MR) is 122 cm³/mol. The van der Waals surface area contributed by atoms with E-state index in [1.54, 1.807) is 27.7 Å². The highest BCUT2D eigenvalue weighted by molar-refractivity contribution is 5.91. The van der Waals surface area contributed by atoms with Gasteiger partial charge in [-0.05, 0) is 53.0 Å². The van der Waals surface area contributed by atoms with Gasteiger partial charge in [0.1, 0.15) is 18.2 Å². The first-order valence-corrected chi connectivity index (χ1v) is 11.3. The number of carbonyl (C=O) groups is 4. The van der Waals surface area contributed by atoms with E-state index in [4.69, 9.17) is 9.47 Å². The first-order valence-electron chi connectivity index (χ1n) is 11.3. The van der Waals surface area contributed by atoms with Crippen LogP contribution in [-0.4, -0.2) is 60.1 Å². The van der Waals surface area contributed by atoms with Crippen LogP contribution >= 0.6 is 0 Å². The summed E-state index contributed by atoms with van der Waals surface area (Å²) in [5.74, 6) is -1.17. The van der Waals surface area contributed by atoms with Crippen LogP contribution in [0.1, 0.15) is 64.1 Å². The molecule has 2 N–H and O–H groups in total. The quantitative estimate of drug-likeness (QED) is 0.518. The van der Waals surface area contributed by atoms with Crippen molar-refractivity contribution in [1.82, 2.24) is 15.5 Å². The lowest BCUT2D eigenvalue weighted by molar-refractivity contribution is -0.144. The second kappa shape index (κ2) is 11.7. The number of hydrogen-bond acceptors (Lipinski definition) is 6. The topological polar surface area (TPSA) is 114 Å². The third kappa shape index (κ3) is 8.75. The molecule has 1 unspecified atom stereocenters. The molecule has 0 radical (unpaired) electrons. The number of alkyl carbamates (subject to hydrolysis) is 1. The first kappa shape index (κ1) is 26.2. The van der Waals surface area contributed by atoms with Crippen molar-refractivity contribution in [3.8, 4) is 0 Å². The average Bonchev–Trinajstić information content (AvgIpc) is 3.55. The average molecular weight is 462 g/mol. The van der Waals surface area contributed by atoms with Crippen LogP contribution in [0.15, 0.2) is 24.3 Å². The molecule has 2 rings (SSSR count). The van der Waals surface area contributed by atoms with Gasteiger partial charge in [0.2, 0.25) is 11.8 Å². The molecular formula is C24H35N3O6. The van der Waals surface area contributed by atoms with Gasteiger partial charge in [-0.2, -0.15) is 0 Å². The number of amides is 3. The van der Waals surface area contributed by atoms with Gasteiger partial charge in [0.25, 0.3) is 0 Å². The van der Waals surface area contributed by atoms with E-state index >= 15 is 0 Å². The standard InChI is InChI=1S/C24H35N3O6/c1-6-32-20(29)13-14-25-22(30)21(17-9-7-16(2)8-10-17)27(18-11-12-18)19(28)15-26-23(31)33-24(3,4)5/h7-10,18,21H,6,11-15H2,1-5H3,(H,25,30)(H,26,31). The SMILES string of the molecule is CCOC(=O)CCNC(=O)C(c1ccc(C)cc1)N(C(=O)CNC(=O)OC(C)(C)C)C1CC1. The fourth-order valence-electron chi connectivity index (χ4n) is 3.27. The van der Waals surface area contributed by atoms with Crippen LogP contribution in [0.25, 0.3) is 0 Å². The van der Waals surface area contributed by atoms with Gasteiger partial charge in [-0.25, -0.2) is 4.79 Å². The van der Waals surface area contributed by atoms with Gasteiger partial charge in [0, 0.05) is 12.6 Å². The highest BCUT2D eigenvalue weighted by Crippen LogP contribution is 2.35. The third-order valence-electron chi connectivity index (χ3n) is 4.86.